The molecule has 0 amide bonds. The van der Waals surface area contributed by atoms with E-state index in [0.29, 0.717) is 12.8 Å². The van der Waals surface area contributed by atoms with Crippen LogP contribution in [0.15, 0.2) is 46.9 Å². The van der Waals surface area contributed by atoms with Crippen molar-refractivity contribution >= 4 is 57.2 Å². The summed E-state index contributed by atoms with van der Waals surface area (Å²) in [5, 5.41) is 49.4. The van der Waals surface area contributed by atoms with E-state index in [1.54, 1.807) is 12.2 Å². The van der Waals surface area contributed by atoms with E-state index in [4.69, 9.17) is 9.66 Å². The number of hydrogen-bond acceptors (Lipinski definition) is 9. The van der Waals surface area contributed by atoms with Gasteiger partial charge in [0.1, 0.15) is 22.7 Å². The van der Waals surface area contributed by atoms with Crippen molar-refractivity contribution in [1.82, 2.24) is 0 Å². The number of aromatic hydroxyl groups is 1. The van der Waals surface area contributed by atoms with Gasteiger partial charge in [0.25, 0.3) is 10.1 Å². The van der Waals surface area contributed by atoms with Crippen molar-refractivity contribution in [2.24, 2.45) is 28.6 Å². The Morgan fingerprint density at radius 3 is 2.39 bits per heavy atom. The van der Waals surface area contributed by atoms with Gasteiger partial charge in [0.05, 0.1) is 6.10 Å². The van der Waals surface area contributed by atoms with Crippen molar-refractivity contribution in [3.63, 3.8) is 0 Å². The van der Waals surface area contributed by atoms with Crippen molar-refractivity contribution in [1.29, 1.82) is 0 Å². The predicted octanol–water partition coefficient (Wildman–Crippen LogP) is 1.25. The summed E-state index contributed by atoms with van der Waals surface area (Å²) in [6.07, 6.45) is 7.68. The van der Waals surface area contributed by atoms with Crippen LogP contribution in [0.2, 0.25) is 0 Å². The number of carbonyl (C=O) groups is 3. The van der Waals surface area contributed by atoms with Crippen LogP contribution in [0.4, 0.5) is 0 Å². The molecule has 3 saturated carbocycles. The van der Waals surface area contributed by atoms with Gasteiger partial charge in [0.2, 0.25) is 0 Å². The average molecular weight is 603 g/mol. The minimum absolute atomic E-state index is 0. The summed E-state index contributed by atoms with van der Waals surface area (Å²) >= 11 is 0. The molecule has 6 N–H and O–H groups in total. The number of carboxylic acids is 1. The molecule has 0 spiro atoms. The van der Waals surface area contributed by atoms with Gasteiger partial charge in [0, 0.05) is 16.7 Å². The van der Waals surface area contributed by atoms with Crippen LogP contribution in [0.3, 0.4) is 0 Å². The molecule has 41 heavy (non-hydrogen) atoms. The van der Waals surface area contributed by atoms with Crippen LogP contribution in [-0.2, 0) is 19.7 Å². The molecular formula is C28H35NaO11S. The number of ketones is 2. The Bertz CT molecular complexity index is 1420. The zero-order valence-corrected chi connectivity index (χ0v) is 23.0. The van der Waals surface area contributed by atoms with E-state index in [1.165, 1.54) is 0 Å². The van der Waals surface area contributed by atoms with Crippen LogP contribution in [0.25, 0.3) is 0 Å². The van der Waals surface area contributed by atoms with Gasteiger partial charge in [-0.25, -0.2) is 4.79 Å². The van der Waals surface area contributed by atoms with Crippen molar-refractivity contribution in [2.45, 2.75) is 62.6 Å². The minimum atomic E-state index is -4.60. The molecule has 0 unspecified atom stereocenters. The number of hydrogen-bond donors (Lipinski definition) is 6. The van der Waals surface area contributed by atoms with Gasteiger partial charge in [-0.05, 0) is 68.2 Å². The third-order valence-corrected chi connectivity index (χ3v) is 10.6. The molecule has 0 heterocycles. The number of aromatic carboxylic acids is 1. The molecule has 4 aliphatic carbocycles. The quantitative estimate of drug-likeness (QED) is 0.214. The number of rotatable bonds is 4. The maximum atomic E-state index is 12.4. The number of Topliss-reactive ketones (excluding diaryl/α,β-unsaturated/α-hetero) is 1. The first-order chi connectivity index (χ1) is 18.5. The van der Waals surface area contributed by atoms with Gasteiger partial charge in [0.15, 0.2) is 17.3 Å². The van der Waals surface area contributed by atoms with Gasteiger partial charge < -0.3 is 25.5 Å². The monoisotopic (exact) mass is 602 g/mol. The molecule has 0 bridgehead atoms. The summed E-state index contributed by atoms with van der Waals surface area (Å²) in [6.45, 7) is 3.34. The molecule has 0 saturated heterocycles. The third kappa shape index (κ3) is 5.49. The molecule has 1 aromatic rings. The molecular weight excluding hydrogens is 567 g/mol. The summed E-state index contributed by atoms with van der Waals surface area (Å²) in [7, 11) is -4.60. The summed E-state index contributed by atoms with van der Waals surface area (Å²) < 4.78 is 29.9. The fourth-order valence-corrected chi connectivity index (χ4v) is 8.43. The fourth-order valence-electron chi connectivity index (χ4n) is 7.82. The van der Waals surface area contributed by atoms with Crippen molar-refractivity contribution in [2.75, 3.05) is 6.61 Å². The van der Waals surface area contributed by atoms with Crippen molar-refractivity contribution in [3.05, 3.63) is 47.6 Å². The molecule has 0 radical (unpaired) electrons. The summed E-state index contributed by atoms with van der Waals surface area (Å²) in [5.74, 6) is -2.68. The van der Waals surface area contributed by atoms with Crippen LogP contribution in [0, 0.1) is 28.6 Å². The van der Waals surface area contributed by atoms with Gasteiger partial charge in [-0.15, -0.1) is 0 Å². The molecule has 1 aromatic carbocycles. The number of aliphatic hydroxyl groups excluding tert-OH is 2. The molecule has 0 aliphatic heterocycles. The molecule has 7 atom stereocenters. The fraction of sp³-hybridized carbons (Fsp3) is 0.536. The predicted molar refractivity (Wildman–Crippen MR) is 147 cm³/mol. The Labute approximate surface area is 260 Å². The van der Waals surface area contributed by atoms with Gasteiger partial charge in [-0.3, -0.25) is 14.1 Å². The van der Waals surface area contributed by atoms with E-state index in [0.717, 1.165) is 43.0 Å². The summed E-state index contributed by atoms with van der Waals surface area (Å²) in [4.78, 5) is 33.8. The number of fused-ring (bicyclic) bond motifs is 5. The van der Waals surface area contributed by atoms with Crippen molar-refractivity contribution < 1.29 is 52.9 Å². The van der Waals surface area contributed by atoms with Crippen molar-refractivity contribution in [3.8, 4) is 5.75 Å². The Balaban J connectivity index is 0.000000264. The van der Waals surface area contributed by atoms with E-state index in [9.17, 15) is 43.2 Å². The summed E-state index contributed by atoms with van der Waals surface area (Å²) in [5.41, 5.74) is -2.12. The number of phenols is 1. The molecule has 4 aliphatic rings. The number of carbonyl (C=O) groups excluding carboxylic acids is 2. The first-order valence-corrected chi connectivity index (χ1v) is 14.5. The topological polar surface area (TPSA) is 207 Å². The zero-order valence-electron chi connectivity index (χ0n) is 22.1. The molecule has 11 nitrogen and oxygen atoms in total. The number of para-hydroxylation sites is 1. The SMILES string of the molecule is C[C@]12C=CC(=O)C=C1CC[C@@H]1[C@@H]2[C@@H](O)C[C@@]2(C)[C@H]1CC[C@]2(O)C(=O)CO.O=C(O)c1cccc(S(=O)(=O)O)c1O.[NaH]. The first-order valence-electron chi connectivity index (χ1n) is 13.0. The number of aliphatic hydroxyl groups is 3. The molecule has 13 heteroatoms. The number of benzene rings is 1. The zero-order chi connectivity index (χ0) is 29.8. The Hall–Kier alpha value is -1.90. The maximum absolute atomic E-state index is 12.4. The number of allylic oxidation sites excluding steroid dienone is 4. The molecule has 220 valence electrons. The van der Waals surface area contributed by atoms with Crippen LogP contribution in [0.1, 0.15) is 56.3 Å². The van der Waals surface area contributed by atoms with E-state index < -0.39 is 61.8 Å². The van der Waals surface area contributed by atoms with E-state index in [-0.39, 0.29) is 58.5 Å². The molecule has 5 rings (SSSR count). The second-order valence-corrected chi connectivity index (χ2v) is 13.0. The normalized spacial score (nSPS) is 35.5. The van der Waals surface area contributed by atoms with E-state index >= 15 is 0 Å². The van der Waals surface area contributed by atoms with E-state index in [2.05, 4.69) is 6.92 Å². The Morgan fingerprint density at radius 1 is 1.15 bits per heavy atom. The molecule has 0 aromatic heterocycles. The van der Waals surface area contributed by atoms with Gasteiger partial charge in [-0.2, -0.15) is 8.42 Å². The number of carboxylic acid groups (broad SMARTS) is 1. The van der Waals surface area contributed by atoms with Gasteiger partial charge in [-0.1, -0.05) is 31.6 Å². The second kappa shape index (κ2) is 11.6. The second-order valence-electron chi connectivity index (χ2n) is 11.6. The van der Waals surface area contributed by atoms with Gasteiger partial charge >= 0.3 is 35.5 Å². The van der Waals surface area contributed by atoms with Crippen LogP contribution >= 0.6 is 0 Å². The summed E-state index contributed by atoms with van der Waals surface area (Å²) in [6, 6.07) is 3.02. The Kier molecular flexibility index (Phi) is 9.55. The Morgan fingerprint density at radius 2 is 1.80 bits per heavy atom. The van der Waals surface area contributed by atoms with Crippen LogP contribution < -0.4 is 0 Å². The first kappa shape index (κ1) is 33.6. The standard InChI is InChI=1S/C21H28O5.C7H6O6S.Na.H/c1-19-7-5-13(23)9-12(19)3-4-14-15-6-8-21(26,17(25)11-22)20(15,2)10-16(24)18(14)19;8-6-4(7(9)10)2-1-3-5(6)14(11,12)13;;/h5,7,9,14-16,18,22,24,26H,3-4,6,8,10-11H2,1-2H3;1-3,8H,(H,9,10)(H,11,12,13);;/t14-,15-,16-,18+,19-,20-,21-;;;/m0.../s1. The van der Waals surface area contributed by atoms with E-state index in [1.807, 2.05) is 13.0 Å². The van der Waals surface area contributed by atoms with Crippen LogP contribution in [0.5, 0.6) is 5.75 Å². The van der Waals surface area contributed by atoms with Crippen LogP contribution in [-0.4, -0.2) is 104 Å². The third-order valence-electron chi connectivity index (χ3n) is 9.76. The average Bonchev–Trinajstić information content (AvgIpc) is 3.14. The molecule has 3 fully saturated rings.